The molecule has 5 heteroatoms. The summed E-state index contributed by atoms with van der Waals surface area (Å²) < 4.78 is 0. The van der Waals surface area contributed by atoms with Gasteiger partial charge in [0.25, 0.3) is 0 Å². The smallest absolute Gasteiger partial charge is 0.180 e. The summed E-state index contributed by atoms with van der Waals surface area (Å²) in [5.41, 5.74) is 9.58. The molecule has 0 amide bonds. The normalized spacial score (nSPS) is 17.0. The minimum absolute atomic E-state index is 0.678. The van der Waals surface area contributed by atoms with Gasteiger partial charge in [-0.1, -0.05) is 18.2 Å². The SMILES string of the molecule is Nc1nc(CCN2CCC(c3c[nH]c4ccccc34)CC2)cs1. The van der Waals surface area contributed by atoms with Crippen molar-refractivity contribution in [1.82, 2.24) is 14.9 Å². The molecule has 23 heavy (non-hydrogen) atoms. The number of aromatic nitrogens is 2. The van der Waals surface area contributed by atoms with Crippen LogP contribution in [-0.4, -0.2) is 34.5 Å². The van der Waals surface area contributed by atoms with Crippen LogP contribution in [0.1, 0.15) is 30.0 Å². The predicted octanol–water partition coefficient (Wildman–Crippen LogP) is 3.63. The Labute approximate surface area is 140 Å². The first-order chi connectivity index (χ1) is 11.3. The molecule has 2 aromatic heterocycles. The summed E-state index contributed by atoms with van der Waals surface area (Å²) in [6.45, 7) is 3.43. The van der Waals surface area contributed by atoms with Gasteiger partial charge in [-0.15, -0.1) is 11.3 Å². The topological polar surface area (TPSA) is 57.9 Å². The number of nitrogens with zero attached hydrogens (tertiary/aromatic N) is 2. The average Bonchev–Trinajstić information content (AvgIpc) is 3.20. The van der Waals surface area contributed by atoms with Crippen molar-refractivity contribution in [2.45, 2.75) is 25.2 Å². The number of aromatic amines is 1. The molecule has 1 saturated heterocycles. The molecule has 3 N–H and O–H groups in total. The second kappa shape index (κ2) is 6.34. The third-order valence-corrected chi connectivity index (χ3v) is 5.63. The van der Waals surface area contributed by atoms with Gasteiger partial charge in [-0.3, -0.25) is 0 Å². The van der Waals surface area contributed by atoms with Crippen molar-refractivity contribution >= 4 is 27.4 Å². The number of nitrogens with two attached hydrogens (primary N) is 1. The summed E-state index contributed by atoms with van der Waals surface area (Å²) in [5, 5.41) is 4.15. The Bertz CT molecular complexity index is 783. The van der Waals surface area contributed by atoms with E-state index in [4.69, 9.17) is 5.73 Å². The average molecular weight is 326 g/mol. The molecule has 3 aromatic rings. The number of anilines is 1. The number of nitrogen functional groups attached to an aromatic ring is 1. The van der Waals surface area contributed by atoms with Crippen LogP contribution in [0.4, 0.5) is 5.13 Å². The highest BCUT2D eigenvalue weighted by Gasteiger charge is 2.22. The van der Waals surface area contributed by atoms with Crippen LogP contribution in [0.15, 0.2) is 35.8 Å². The van der Waals surface area contributed by atoms with Gasteiger partial charge in [-0.25, -0.2) is 4.98 Å². The van der Waals surface area contributed by atoms with Crippen molar-refractivity contribution in [3.8, 4) is 0 Å². The van der Waals surface area contributed by atoms with Crippen molar-refractivity contribution in [2.75, 3.05) is 25.4 Å². The Morgan fingerprint density at radius 3 is 2.87 bits per heavy atom. The fourth-order valence-corrected chi connectivity index (χ4v) is 4.21. The van der Waals surface area contributed by atoms with Gasteiger partial charge in [-0.2, -0.15) is 0 Å². The molecular weight excluding hydrogens is 304 g/mol. The summed E-state index contributed by atoms with van der Waals surface area (Å²) in [7, 11) is 0. The predicted molar refractivity (Wildman–Crippen MR) is 96.9 cm³/mol. The van der Waals surface area contributed by atoms with E-state index in [1.165, 1.54) is 53.7 Å². The van der Waals surface area contributed by atoms with Crippen molar-refractivity contribution in [2.24, 2.45) is 0 Å². The minimum Gasteiger partial charge on any atom is -0.375 e. The van der Waals surface area contributed by atoms with Crippen LogP contribution in [0.25, 0.3) is 10.9 Å². The summed E-state index contributed by atoms with van der Waals surface area (Å²) in [6.07, 6.45) is 5.69. The number of hydrogen-bond acceptors (Lipinski definition) is 4. The maximum Gasteiger partial charge on any atom is 0.180 e. The molecule has 0 saturated carbocycles. The largest absolute Gasteiger partial charge is 0.375 e. The molecule has 1 aliphatic heterocycles. The summed E-state index contributed by atoms with van der Waals surface area (Å²) in [6, 6.07) is 8.62. The quantitative estimate of drug-likeness (QED) is 0.770. The van der Waals surface area contributed by atoms with E-state index in [0.29, 0.717) is 11.0 Å². The number of rotatable bonds is 4. The molecule has 4 rings (SSSR count). The molecule has 0 atom stereocenters. The van der Waals surface area contributed by atoms with E-state index in [1.54, 1.807) is 0 Å². The third-order valence-electron chi connectivity index (χ3n) is 4.90. The minimum atomic E-state index is 0.678. The molecule has 3 heterocycles. The maximum atomic E-state index is 5.70. The van der Waals surface area contributed by atoms with Crippen molar-refractivity contribution < 1.29 is 0 Å². The first-order valence-electron chi connectivity index (χ1n) is 8.28. The fraction of sp³-hybridized carbons (Fsp3) is 0.389. The lowest BCUT2D eigenvalue weighted by atomic mass is 9.89. The molecular formula is C18H22N4S. The second-order valence-corrected chi connectivity index (χ2v) is 7.22. The molecule has 0 unspecified atom stereocenters. The monoisotopic (exact) mass is 326 g/mol. The Hall–Kier alpha value is -1.85. The zero-order valence-corrected chi connectivity index (χ0v) is 14.0. The van der Waals surface area contributed by atoms with Gasteiger partial charge in [0, 0.05) is 35.4 Å². The van der Waals surface area contributed by atoms with Gasteiger partial charge in [0.05, 0.1) is 5.69 Å². The number of piperidine rings is 1. The molecule has 0 radical (unpaired) electrons. The Kier molecular flexibility index (Phi) is 4.06. The second-order valence-electron chi connectivity index (χ2n) is 6.33. The fourth-order valence-electron chi connectivity index (χ4n) is 3.61. The standard InChI is InChI=1S/C18H22N4S/c19-18-21-14(12-23-18)7-10-22-8-5-13(6-9-22)16-11-20-17-4-2-1-3-15(16)17/h1-4,11-13,20H,5-10H2,(H2,19,21). The summed E-state index contributed by atoms with van der Waals surface area (Å²) in [5.74, 6) is 0.678. The zero-order chi connectivity index (χ0) is 15.6. The maximum absolute atomic E-state index is 5.70. The lowest BCUT2D eigenvalue weighted by Gasteiger charge is -2.31. The number of hydrogen-bond donors (Lipinski definition) is 2. The number of benzene rings is 1. The Balaban J connectivity index is 1.35. The van der Waals surface area contributed by atoms with Gasteiger partial charge >= 0.3 is 0 Å². The Morgan fingerprint density at radius 2 is 2.09 bits per heavy atom. The summed E-state index contributed by atoms with van der Waals surface area (Å²) >= 11 is 1.54. The van der Waals surface area contributed by atoms with Gasteiger partial charge in [0.15, 0.2) is 5.13 Å². The van der Waals surface area contributed by atoms with Crippen molar-refractivity contribution in [3.63, 3.8) is 0 Å². The molecule has 4 nitrogen and oxygen atoms in total. The number of para-hydroxylation sites is 1. The zero-order valence-electron chi connectivity index (χ0n) is 13.2. The number of thiazole rings is 1. The lowest BCUT2D eigenvalue weighted by Crippen LogP contribution is -2.34. The highest BCUT2D eigenvalue weighted by molar-refractivity contribution is 7.13. The van der Waals surface area contributed by atoms with E-state index in [0.717, 1.165) is 18.7 Å². The molecule has 0 aliphatic carbocycles. The van der Waals surface area contributed by atoms with E-state index in [9.17, 15) is 0 Å². The molecule has 0 bridgehead atoms. The van der Waals surface area contributed by atoms with Crippen LogP contribution >= 0.6 is 11.3 Å². The van der Waals surface area contributed by atoms with Gasteiger partial charge < -0.3 is 15.6 Å². The molecule has 1 aromatic carbocycles. The number of nitrogens with one attached hydrogen (secondary N) is 1. The number of likely N-dealkylation sites (tertiary alicyclic amines) is 1. The van der Waals surface area contributed by atoms with Crippen LogP contribution in [-0.2, 0) is 6.42 Å². The van der Waals surface area contributed by atoms with Crippen molar-refractivity contribution in [1.29, 1.82) is 0 Å². The number of fused-ring (bicyclic) bond motifs is 1. The van der Waals surface area contributed by atoms with E-state index in [2.05, 4.69) is 50.7 Å². The third kappa shape index (κ3) is 3.12. The van der Waals surface area contributed by atoms with Crippen LogP contribution in [0.2, 0.25) is 0 Å². The van der Waals surface area contributed by atoms with Gasteiger partial charge in [-0.05, 0) is 43.5 Å². The molecule has 1 fully saturated rings. The van der Waals surface area contributed by atoms with Crippen LogP contribution in [0.5, 0.6) is 0 Å². The Morgan fingerprint density at radius 1 is 1.26 bits per heavy atom. The first kappa shape index (κ1) is 14.7. The summed E-state index contributed by atoms with van der Waals surface area (Å²) in [4.78, 5) is 10.3. The van der Waals surface area contributed by atoms with Crippen LogP contribution in [0.3, 0.4) is 0 Å². The van der Waals surface area contributed by atoms with E-state index >= 15 is 0 Å². The first-order valence-corrected chi connectivity index (χ1v) is 9.16. The molecule has 120 valence electrons. The van der Waals surface area contributed by atoms with Crippen molar-refractivity contribution in [3.05, 3.63) is 47.1 Å². The van der Waals surface area contributed by atoms with Gasteiger partial charge in [0.1, 0.15) is 0 Å². The van der Waals surface area contributed by atoms with Crippen LogP contribution in [0, 0.1) is 0 Å². The molecule has 0 spiro atoms. The van der Waals surface area contributed by atoms with E-state index < -0.39 is 0 Å². The van der Waals surface area contributed by atoms with E-state index in [1.807, 2.05) is 0 Å². The van der Waals surface area contributed by atoms with E-state index in [-0.39, 0.29) is 0 Å². The van der Waals surface area contributed by atoms with Gasteiger partial charge in [0.2, 0.25) is 0 Å². The lowest BCUT2D eigenvalue weighted by molar-refractivity contribution is 0.214. The highest BCUT2D eigenvalue weighted by atomic mass is 32.1. The van der Waals surface area contributed by atoms with Crippen LogP contribution < -0.4 is 5.73 Å². The number of H-pyrrole nitrogens is 1. The highest BCUT2D eigenvalue weighted by Crippen LogP contribution is 2.33. The molecule has 1 aliphatic rings.